The average Bonchev–Trinajstić information content (AvgIpc) is 2.71. The number of nitrogens with two attached hydrogens (primary N) is 2. The van der Waals surface area contributed by atoms with Gasteiger partial charge < -0.3 is 26.6 Å². The highest BCUT2D eigenvalue weighted by atomic mass is 16.4. The lowest BCUT2D eigenvalue weighted by Crippen LogP contribution is -2.53. The minimum Gasteiger partial charge on any atom is -0.480 e. The third kappa shape index (κ3) is 3.95. The molecule has 0 aromatic rings. The fourth-order valence-corrected chi connectivity index (χ4v) is 2.71. The molecule has 0 saturated heterocycles. The van der Waals surface area contributed by atoms with Gasteiger partial charge in [-0.2, -0.15) is 0 Å². The highest BCUT2D eigenvalue weighted by Crippen LogP contribution is 2.35. The lowest BCUT2D eigenvalue weighted by atomic mass is 9.77. The molecule has 1 aliphatic rings. The zero-order valence-electron chi connectivity index (χ0n) is 10.6. The van der Waals surface area contributed by atoms with Gasteiger partial charge in [-0.25, -0.2) is 0 Å². The van der Waals surface area contributed by atoms with Crippen LogP contribution in [0.2, 0.25) is 6.32 Å². The smallest absolute Gasteiger partial charge is 0.451 e. The molecule has 3 atom stereocenters. The molecule has 0 heterocycles. The van der Waals surface area contributed by atoms with Crippen molar-refractivity contribution in [2.24, 2.45) is 17.4 Å². The van der Waals surface area contributed by atoms with E-state index in [0.29, 0.717) is 25.7 Å². The Hall–Kier alpha value is -0.625. The van der Waals surface area contributed by atoms with Crippen molar-refractivity contribution in [2.45, 2.75) is 56.4 Å². The SMILES string of the molecule is N[C@@H]1CC[C@H](C(N)(CCCCB(O)O)C(=O)O)C1. The number of carboxylic acid groups (broad SMARTS) is 1. The molecule has 1 saturated carbocycles. The van der Waals surface area contributed by atoms with Crippen LogP contribution in [-0.2, 0) is 4.79 Å². The summed E-state index contributed by atoms with van der Waals surface area (Å²) in [7, 11) is -1.33. The van der Waals surface area contributed by atoms with Crippen LogP contribution < -0.4 is 11.5 Å². The molecule has 1 aliphatic carbocycles. The Labute approximate surface area is 107 Å². The fraction of sp³-hybridized carbons (Fsp3) is 0.909. The van der Waals surface area contributed by atoms with Gasteiger partial charge in [0.25, 0.3) is 0 Å². The number of hydrogen-bond donors (Lipinski definition) is 5. The summed E-state index contributed by atoms with van der Waals surface area (Å²) >= 11 is 0. The Morgan fingerprint density at radius 3 is 2.44 bits per heavy atom. The number of carboxylic acids is 1. The van der Waals surface area contributed by atoms with Gasteiger partial charge in [0.1, 0.15) is 5.54 Å². The van der Waals surface area contributed by atoms with Crippen LogP contribution in [0.15, 0.2) is 0 Å². The van der Waals surface area contributed by atoms with E-state index in [1.54, 1.807) is 0 Å². The Balaban J connectivity index is 2.50. The highest BCUT2D eigenvalue weighted by Gasteiger charge is 2.44. The van der Waals surface area contributed by atoms with Crippen LogP contribution in [0.5, 0.6) is 0 Å². The predicted molar refractivity (Wildman–Crippen MR) is 68.7 cm³/mol. The number of carbonyl (C=O) groups is 1. The maximum atomic E-state index is 11.4. The van der Waals surface area contributed by atoms with E-state index in [1.165, 1.54) is 0 Å². The topological polar surface area (TPSA) is 130 Å². The lowest BCUT2D eigenvalue weighted by Gasteiger charge is -2.31. The van der Waals surface area contributed by atoms with Gasteiger partial charge in [0.15, 0.2) is 0 Å². The van der Waals surface area contributed by atoms with E-state index in [4.69, 9.17) is 21.5 Å². The number of hydrogen-bond acceptors (Lipinski definition) is 5. The fourth-order valence-electron chi connectivity index (χ4n) is 2.71. The molecule has 0 radical (unpaired) electrons. The van der Waals surface area contributed by atoms with E-state index in [9.17, 15) is 9.90 Å². The molecule has 7 N–H and O–H groups in total. The highest BCUT2D eigenvalue weighted by molar-refractivity contribution is 6.40. The molecule has 0 amide bonds. The molecule has 0 bridgehead atoms. The molecule has 0 aromatic heterocycles. The van der Waals surface area contributed by atoms with Crippen molar-refractivity contribution in [3.63, 3.8) is 0 Å². The molecule has 1 unspecified atom stereocenters. The zero-order valence-corrected chi connectivity index (χ0v) is 10.6. The molecular formula is C11H23BN2O4. The molecule has 0 spiro atoms. The molecule has 6 nitrogen and oxygen atoms in total. The Morgan fingerprint density at radius 2 is 2.00 bits per heavy atom. The normalized spacial score (nSPS) is 26.9. The van der Waals surface area contributed by atoms with E-state index in [2.05, 4.69) is 0 Å². The van der Waals surface area contributed by atoms with E-state index in [1.807, 2.05) is 0 Å². The second-order valence-corrected chi connectivity index (χ2v) is 5.34. The largest absolute Gasteiger partial charge is 0.480 e. The quantitative estimate of drug-likeness (QED) is 0.310. The molecule has 1 rings (SSSR count). The van der Waals surface area contributed by atoms with Crippen molar-refractivity contribution in [2.75, 3.05) is 0 Å². The predicted octanol–water partition coefficient (Wildman–Crippen LogP) is -0.461. The number of unbranched alkanes of at least 4 members (excludes halogenated alkanes) is 1. The Morgan fingerprint density at radius 1 is 1.33 bits per heavy atom. The van der Waals surface area contributed by atoms with Gasteiger partial charge in [-0.3, -0.25) is 4.79 Å². The summed E-state index contributed by atoms with van der Waals surface area (Å²) in [6, 6.07) is 0.0524. The van der Waals surface area contributed by atoms with Crippen molar-refractivity contribution < 1.29 is 19.9 Å². The van der Waals surface area contributed by atoms with Gasteiger partial charge in [-0.15, -0.1) is 0 Å². The zero-order chi connectivity index (χ0) is 13.8. The van der Waals surface area contributed by atoms with Crippen molar-refractivity contribution in [3.05, 3.63) is 0 Å². The third-order valence-electron chi connectivity index (χ3n) is 3.90. The van der Waals surface area contributed by atoms with Crippen LogP contribution >= 0.6 is 0 Å². The van der Waals surface area contributed by atoms with Crippen molar-refractivity contribution in [1.82, 2.24) is 0 Å². The van der Waals surface area contributed by atoms with Crippen LogP contribution in [-0.4, -0.2) is 39.8 Å². The van der Waals surface area contributed by atoms with Gasteiger partial charge in [0.05, 0.1) is 0 Å². The summed E-state index contributed by atoms with van der Waals surface area (Å²) in [5.41, 5.74) is 10.6. The molecule has 7 heteroatoms. The van der Waals surface area contributed by atoms with Crippen LogP contribution in [0, 0.1) is 5.92 Å². The minimum atomic E-state index is -1.33. The minimum absolute atomic E-state index is 0.0524. The van der Waals surface area contributed by atoms with E-state index < -0.39 is 18.6 Å². The summed E-state index contributed by atoms with van der Waals surface area (Å²) in [5, 5.41) is 26.8. The van der Waals surface area contributed by atoms with Gasteiger partial charge in [0.2, 0.25) is 0 Å². The van der Waals surface area contributed by atoms with Gasteiger partial charge in [0, 0.05) is 6.04 Å². The second-order valence-electron chi connectivity index (χ2n) is 5.34. The van der Waals surface area contributed by atoms with Crippen LogP contribution in [0.3, 0.4) is 0 Å². The summed E-state index contributed by atoms with van der Waals surface area (Å²) in [4.78, 5) is 11.4. The second kappa shape index (κ2) is 6.52. The van der Waals surface area contributed by atoms with Gasteiger partial charge in [-0.05, 0) is 37.9 Å². The molecule has 0 aromatic carbocycles. The first-order valence-electron chi connectivity index (χ1n) is 6.50. The standard InChI is InChI=1S/C11H23BN2O4/c13-9-4-3-8(7-9)11(14,10(15)16)5-1-2-6-12(17)18/h8-9,17-18H,1-7,13-14H2,(H,15,16)/t8-,9+,11?/m0/s1. The number of aliphatic carboxylic acids is 1. The van der Waals surface area contributed by atoms with Crippen molar-refractivity contribution >= 4 is 13.1 Å². The molecule has 1 fully saturated rings. The monoisotopic (exact) mass is 258 g/mol. The van der Waals surface area contributed by atoms with Crippen molar-refractivity contribution in [1.29, 1.82) is 0 Å². The van der Waals surface area contributed by atoms with E-state index >= 15 is 0 Å². The molecular weight excluding hydrogens is 235 g/mol. The summed E-state index contributed by atoms with van der Waals surface area (Å²) < 4.78 is 0. The maximum Gasteiger partial charge on any atom is 0.451 e. The van der Waals surface area contributed by atoms with Crippen molar-refractivity contribution in [3.8, 4) is 0 Å². The first kappa shape index (κ1) is 15.4. The Kier molecular flexibility index (Phi) is 5.59. The first-order valence-corrected chi connectivity index (χ1v) is 6.50. The van der Waals surface area contributed by atoms with Gasteiger partial charge >= 0.3 is 13.1 Å². The summed E-state index contributed by atoms with van der Waals surface area (Å²) in [5.74, 6) is -1.06. The third-order valence-corrected chi connectivity index (χ3v) is 3.90. The first-order chi connectivity index (χ1) is 8.36. The molecule has 18 heavy (non-hydrogen) atoms. The van der Waals surface area contributed by atoms with E-state index in [0.717, 1.165) is 12.8 Å². The molecule has 104 valence electrons. The van der Waals surface area contributed by atoms with Crippen LogP contribution in [0.25, 0.3) is 0 Å². The molecule has 0 aliphatic heterocycles. The number of rotatable bonds is 7. The maximum absolute atomic E-state index is 11.4. The average molecular weight is 258 g/mol. The summed E-state index contributed by atoms with van der Waals surface area (Å²) in [6.45, 7) is 0. The van der Waals surface area contributed by atoms with E-state index in [-0.39, 0.29) is 18.3 Å². The summed E-state index contributed by atoms with van der Waals surface area (Å²) in [6.07, 6.45) is 3.98. The Bertz CT molecular complexity index is 290. The van der Waals surface area contributed by atoms with Crippen LogP contribution in [0.1, 0.15) is 38.5 Å². The van der Waals surface area contributed by atoms with Gasteiger partial charge in [-0.1, -0.05) is 12.8 Å². The lowest BCUT2D eigenvalue weighted by molar-refractivity contribution is -0.146. The van der Waals surface area contributed by atoms with Crippen LogP contribution in [0.4, 0.5) is 0 Å².